The molecule has 7 heteroatoms. The highest BCUT2D eigenvalue weighted by Gasteiger charge is 2.26. The molecule has 0 aliphatic heterocycles. The summed E-state index contributed by atoms with van der Waals surface area (Å²) in [7, 11) is -3.76. The fraction of sp³-hybridized carbons (Fsp3) is 0.357. The molecule has 0 saturated carbocycles. The molecule has 0 aliphatic carbocycles. The third-order valence-corrected chi connectivity index (χ3v) is 5.11. The van der Waals surface area contributed by atoms with E-state index in [1.54, 1.807) is 13.8 Å². The van der Waals surface area contributed by atoms with Crippen LogP contribution in [0.15, 0.2) is 29.2 Å². The summed E-state index contributed by atoms with van der Waals surface area (Å²) in [5, 5.41) is 15.6. The molecule has 3 N–H and O–H groups in total. The Balaban J connectivity index is 2.34. The van der Waals surface area contributed by atoms with Crippen LogP contribution in [0.4, 0.5) is 0 Å². The summed E-state index contributed by atoms with van der Waals surface area (Å²) < 4.78 is 27.6. The lowest BCUT2D eigenvalue weighted by molar-refractivity contribution is 0.273. The van der Waals surface area contributed by atoms with Crippen molar-refractivity contribution in [2.24, 2.45) is 0 Å². The molecule has 0 aliphatic rings. The fourth-order valence-corrected chi connectivity index (χ4v) is 3.94. The van der Waals surface area contributed by atoms with Crippen LogP contribution in [0.1, 0.15) is 35.5 Å². The molecule has 1 heterocycles. The number of hydrogen-bond acceptors (Lipinski definition) is 4. The quantitative estimate of drug-likeness (QED) is 0.781. The van der Waals surface area contributed by atoms with Gasteiger partial charge in [0.15, 0.2) is 0 Å². The van der Waals surface area contributed by atoms with Gasteiger partial charge in [-0.15, -0.1) is 0 Å². The maximum absolute atomic E-state index is 12.5. The number of nitrogens with zero attached hydrogens (tertiary/aromatic N) is 1. The Bertz CT molecular complexity index is 738. The van der Waals surface area contributed by atoms with Crippen LogP contribution >= 0.6 is 0 Å². The topological polar surface area (TPSA) is 95.1 Å². The molecule has 0 saturated heterocycles. The van der Waals surface area contributed by atoms with Crippen LogP contribution in [0, 0.1) is 13.8 Å². The Morgan fingerprint density at radius 3 is 2.62 bits per heavy atom. The molecule has 21 heavy (non-hydrogen) atoms. The van der Waals surface area contributed by atoms with E-state index in [1.165, 1.54) is 0 Å². The molecule has 1 aromatic heterocycles. The van der Waals surface area contributed by atoms with Crippen molar-refractivity contribution in [1.82, 2.24) is 14.9 Å². The van der Waals surface area contributed by atoms with Gasteiger partial charge in [-0.1, -0.05) is 24.3 Å². The van der Waals surface area contributed by atoms with Gasteiger partial charge in [0.25, 0.3) is 0 Å². The summed E-state index contributed by atoms with van der Waals surface area (Å²) in [4.78, 5) is 0.0189. The molecular formula is C14H19N3O3S. The van der Waals surface area contributed by atoms with E-state index in [0.29, 0.717) is 5.69 Å². The predicted octanol–water partition coefficient (Wildman–Crippen LogP) is 1.56. The second kappa shape index (κ2) is 5.97. The van der Waals surface area contributed by atoms with E-state index in [9.17, 15) is 13.5 Å². The lowest BCUT2D eigenvalue weighted by atomic mass is 10.0. The Kier molecular flexibility index (Phi) is 4.46. The SMILES string of the molecule is Cc1ccccc1C(C)NS(=O)(=O)c1c(CO)n[nH]c1C. The summed E-state index contributed by atoms with van der Waals surface area (Å²) in [6, 6.07) is 7.22. The number of H-pyrrole nitrogens is 1. The Labute approximate surface area is 124 Å². The summed E-state index contributed by atoms with van der Waals surface area (Å²) in [5.41, 5.74) is 2.45. The highest BCUT2D eigenvalue weighted by Crippen LogP contribution is 2.22. The van der Waals surface area contributed by atoms with Gasteiger partial charge in [-0.3, -0.25) is 5.10 Å². The van der Waals surface area contributed by atoms with Crippen LogP contribution in [0.25, 0.3) is 0 Å². The minimum Gasteiger partial charge on any atom is -0.390 e. The third kappa shape index (κ3) is 3.15. The van der Waals surface area contributed by atoms with Crippen LogP contribution in [-0.2, 0) is 16.6 Å². The number of sulfonamides is 1. The van der Waals surface area contributed by atoms with Crippen molar-refractivity contribution < 1.29 is 13.5 Å². The normalized spacial score (nSPS) is 13.3. The summed E-state index contributed by atoms with van der Waals surface area (Å²) >= 11 is 0. The molecular weight excluding hydrogens is 290 g/mol. The van der Waals surface area contributed by atoms with E-state index < -0.39 is 16.6 Å². The summed E-state index contributed by atoms with van der Waals surface area (Å²) in [6.45, 7) is 4.90. The first kappa shape index (κ1) is 15.7. The van der Waals surface area contributed by atoms with Gasteiger partial charge in [-0.2, -0.15) is 5.10 Å². The van der Waals surface area contributed by atoms with Crippen molar-refractivity contribution in [2.45, 2.75) is 38.3 Å². The van der Waals surface area contributed by atoms with Gasteiger partial charge < -0.3 is 5.11 Å². The molecule has 6 nitrogen and oxygen atoms in total. The van der Waals surface area contributed by atoms with Gasteiger partial charge in [-0.05, 0) is 31.9 Å². The molecule has 0 bridgehead atoms. The van der Waals surface area contributed by atoms with Gasteiger partial charge in [0.1, 0.15) is 10.6 Å². The number of aromatic amines is 1. The van der Waals surface area contributed by atoms with Crippen molar-refractivity contribution >= 4 is 10.0 Å². The number of hydrogen-bond donors (Lipinski definition) is 3. The average molecular weight is 309 g/mol. The first-order chi connectivity index (χ1) is 9.86. The number of nitrogens with one attached hydrogen (secondary N) is 2. The zero-order valence-electron chi connectivity index (χ0n) is 12.2. The second-order valence-corrected chi connectivity index (χ2v) is 6.63. The van der Waals surface area contributed by atoms with Crippen molar-refractivity contribution in [2.75, 3.05) is 0 Å². The van der Waals surface area contributed by atoms with Crippen molar-refractivity contribution in [3.63, 3.8) is 0 Å². The summed E-state index contributed by atoms with van der Waals surface area (Å²) in [5.74, 6) is 0. The van der Waals surface area contributed by atoms with E-state index in [1.807, 2.05) is 31.2 Å². The Morgan fingerprint density at radius 2 is 2.00 bits per heavy atom. The zero-order chi connectivity index (χ0) is 15.6. The molecule has 0 spiro atoms. The lowest BCUT2D eigenvalue weighted by Gasteiger charge is -2.17. The molecule has 0 radical (unpaired) electrons. The zero-order valence-corrected chi connectivity index (χ0v) is 13.0. The van der Waals surface area contributed by atoms with Crippen LogP contribution in [-0.4, -0.2) is 23.7 Å². The first-order valence-corrected chi connectivity index (χ1v) is 8.07. The monoisotopic (exact) mass is 309 g/mol. The molecule has 1 aromatic carbocycles. The molecule has 1 unspecified atom stereocenters. The minimum atomic E-state index is -3.76. The fourth-order valence-electron chi connectivity index (χ4n) is 2.36. The van der Waals surface area contributed by atoms with E-state index >= 15 is 0 Å². The van der Waals surface area contributed by atoms with Crippen LogP contribution < -0.4 is 4.72 Å². The van der Waals surface area contributed by atoms with Gasteiger partial charge in [-0.25, -0.2) is 13.1 Å². The third-order valence-electron chi connectivity index (χ3n) is 3.37. The van der Waals surface area contributed by atoms with Gasteiger partial charge in [0.05, 0.1) is 12.3 Å². The van der Waals surface area contributed by atoms with E-state index in [2.05, 4.69) is 14.9 Å². The lowest BCUT2D eigenvalue weighted by Crippen LogP contribution is -2.28. The summed E-state index contributed by atoms with van der Waals surface area (Å²) in [6.07, 6.45) is 0. The van der Waals surface area contributed by atoms with Crippen molar-refractivity contribution in [3.8, 4) is 0 Å². The molecule has 2 rings (SSSR count). The predicted molar refractivity (Wildman–Crippen MR) is 79.2 cm³/mol. The van der Waals surface area contributed by atoms with Crippen molar-refractivity contribution in [1.29, 1.82) is 0 Å². The number of aliphatic hydroxyl groups is 1. The largest absolute Gasteiger partial charge is 0.390 e. The number of aryl methyl sites for hydroxylation is 2. The number of aliphatic hydroxyl groups excluding tert-OH is 1. The number of benzene rings is 1. The number of aromatic nitrogens is 2. The minimum absolute atomic E-state index is 0.0189. The van der Waals surface area contributed by atoms with Gasteiger partial charge in [0.2, 0.25) is 10.0 Å². The average Bonchev–Trinajstić information content (AvgIpc) is 2.80. The van der Waals surface area contributed by atoms with Crippen LogP contribution in [0.2, 0.25) is 0 Å². The van der Waals surface area contributed by atoms with E-state index in [0.717, 1.165) is 11.1 Å². The first-order valence-electron chi connectivity index (χ1n) is 6.59. The Hall–Kier alpha value is -1.70. The second-order valence-electron chi connectivity index (χ2n) is 4.98. The highest BCUT2D eigenvalue weighted by molar-refractivity contribution is 7.89. The maximum atomic E-state index is 12.5. The molecule has 2 aromatic rings. The maximum Gasteiger partial charge on any atom is 0.244 e. The molecule has 1 atom stereocenters. The molecule has 0 fully saturated rings. The molecule has 114 valence electrons. The van der Waals surface area contributed by atoms with Gasteiger partial charge >= 0.3 is 0 Å². The van der Waals surface area contributed by atoms with Crippen LogP contribution in [0.5, 0.6) is 0 Å². The smallest absolute Gasteiger partial charge is 0.244 e. The van der Waals surface area contributed by atoms with E-state index in [4.69, 9.17) is 0 Å². The molecule has 0 amide bonds. The van der Waals surface area contributed by atoms with E-state index in [-0.39, 0.29) is 16.6 Å². The highest BCUT2D eigenvalue weighted by atomic mass is 32.2. The van der Waals surface area contributed by atoms with Crippen LogP contribution in [0.3, 0.4) is 0 Å². The Morgan fingerprint density at radius 1 is 1.33 bits per heavy atom. The standard InChI is InChI=1S/C14H19N3O3S/c1-9-6-4-5-7-12(9)10(2)17-21(19,20)14-11(3)15-16-13(14)8-18/h4-7,10,17-18H,8H2,1-3H3,(H,15,16). The van der Waals surface area contributed by atoms with Gasteiger partial charge in [0, 0.05) is 6.04 Å². The van der Waals surface area contributed by atoms with Crippen molar-refractivity contribution in [3.05, 3.63) is 46.8 Å². The number of rotatable bonds is 5.